The summed E-state index contributed by atoms with van der Waals surface area (Å²) >= 11 is 0. The van der Waals surface area contributed by atoms with E-state index in [1.165, 1.54) is 17.0 Å². The summed E-state index contributed by atoms with van der Waals surface area (Å²) in [7, 11) is 1.59. The number of aromatic nitrogens is 1. The number of rotatable bonds is 6. The topological polar surface area (TPSA) is 100.0 Å². The molecule has 1 aliphatic heterocycles. The van der Waals surface area contributed by atoms with E-state index < -0.39 is 17.7 Å². The highest BCUT2D eigenvalue weighted by molar-refractivity contribution is 6.46. The molecule has 180 valence electrons. The van der Waals surface area contributed by atoms with Gasteiger partial charge in [-0.3, -0.25) is 14.6 Å². The third kappa shape index (κ3) is 4.49. The molecule has 1 amide bonds. The number of aliphatic hydroxyl groups excluding tert-OH is 1. The molecule has 1 unspecified atom stereocenters. The molecule has 7 nitrogen and oxygen atoms in total. The van der Waals surface area contributed by atoms with E-state index in [2.05, 4.69) is 4.98 Å². The molecule has 0 saturated carbocycles. The zero-order valence-electron chi connectivity index (χ0n) is 20.1. The van der Waals surface area contributed by atoms with Gasteiger partial charge in [0.1, 0.15) is 17.3 Å². The standard InChI is InChI=1S/C28H28N2O5/c1-16(2)21-13-22(17(3)12-23(21)35-4)26(32)24-25(19-7-9-20(31)10-8-19)30(28(34)27(24)33)15-18-6-5-11-29-14-18/h5-14,16,25,31-32H,15H2,1-4H3/b26-24+. The number of carbonyl (C=O) groups excluding carboxylic acids is 2. The van der Waals surface area contributed by atoms with Crippen LogP contribution in [-0.2, 0) is 16.1 Å². The van der Waals surface area contributed by atoms with E-state index in [0.29, 0.717) is 22.4 Å². The number of ether oxygens (including phenoxy) is 1. The molecule has 2 heterocycles. The van der Waals surface area contributed by atoms with Gasteiger partial charge in [0, 0.05) is 24.5 Å². The van der Waals surface area contributed by atoms with Crippen LogP contribution in [0.3, 0.4) is 0 Å². The predicted molar refractivity (Wildman–Crippen MR) is 132 cm³/mol. The van der Waals surface area contributed by atoms with Crippen molar-refractivity contribution in [2.75, 3.05) is 7.11 Å². The maximum Gasteiger partial charge on any atom is 0.295 e. The zero-order chi connectivity index (χ0) is 25.3. The van der Waals surface area contributed by atoms with E-state index in [1.54, 1.807) is 37.7 Å². The van der Waals surface area contributed by atoms with Crippen molar-refractivity contribution in [2.45, 2.75) is 39.3 Å². The number of hydrogen-bond donors (Lipinski definition) is 2. The number of ketones is 1. The first-order chi connectivity index (χ1) is 16.7. The Morgan fingerprint density at radius 2 is 1.86 bits per heavy atom. The summed E-state index contributed by atoms with van der Waals surface area (Å²) in [5.41, 5.74) is 3.42. The number of likely N-dealkylation sites (tertiary alicyclic amines) is 1. The molecular weight excluding hydrogens is 444 g/mol. The molecule has 35 heavy (non-hydrogen) atoms. The lowest BCUT2D eigenvalue weighted by atomic mass is 9.91. The average molecular weight is 473 g/mol. The van der Waals surface area contributed by atoms with Crippen LogP contribution in [0.5, 0.6) is 11.5 Å². The number of phenolic OH excluding ortho intramolecular Hbond substituents is 1. The normalized spacial score (nSPS) is 17.3. The minimum atomic E-state index is -0.834. The van der Waals surface area contributed by atoms with Gasteiger partial charge in [-0.1, -0.05) is 32.0 Å². The minimum absolute atomic E-state index is 0.00699. The minimum Gasteiger partial charge on any atom is -0.508 e. The molecule has 0 spiro atoms. The van der Waals surface area contributed by atoms with Crippen molar-refractivity contribution < 1.29 is 24.5 Å². The molecular formula is C28H28N2O5. The van der Waals surface area contributed by atoms with Gasteiger partial charge in [0.2, 0.25) is 0 Å². The molecule has 7 heteroatoms. The van der Waals surface area contributed by atoms with Gasteiger partial charge in [-0.05, 0) is 65.4 Å². The molecule has 2 aromatic carbocycles. The summed E-state index contributed by atoms with van der Waals surface area (Å²) in [5, 5.41) is 21.3. The zero-order valence-corrected chi connectivity index (χ0v) is 20.1. The van der Waals surface area contributed by atoms with Crippen molar-refractivity contribution in [1.82, 2.24) is 9.88 Å². The fourth-order valence-corrected chi connectivity index (χ4v) is 4.46. The highest BCUT2D eigenvalue weighted by atomic mass is 16.5. The molecule has 0 bridgehead atoms. The number of aromatic hydroxyl groups is 1. The fourth-order valence-electron chi connectivity index (χ4n) is 4.46. The first kappa shape index (κ1) is 24.0. The SMILES string of the molecule is COc1cc(C)c(/C(O)=C2\C(=O)C(=O)N(Cc3cccnc3)C2c2ccc(O)cc2)cc1C(C)C. The third-order valence-corrected chi connectivity index (χ3v) is 6.28. The van der Waals surface area contributed by atoms with Crippen LogP contribution in [0.4, 0.5) is 0 Å². The van der Waals surface area contributed by atoms with Gasteiger partial charge in [0.15, 0.2) is 0 Å². The van der Waals surface area contributed by atoms with Crippen LogP contribution < -0.4 is 4.74 Å². The molecule has 1 saturated heterocycles. The predicted octanol–water partition coefficient (Wildman–Crippen LogP) is 4.85. The smallest absolute Gasteiger partial charge is 0.295 e. The molecule has 1 fully saturated rings. The lowest BCUT2D eigenvalue weighted by Gasteiger charge is -2.25. The largest absolute Gasteiger partial charge is 0.508 e. The average Bonchev–Trinajstić information content (AvgIpc) is 3.09. The summed E-state index contributed by atoms with van der Waals surface area (Å²) < 4.78 is 5.51. The summed E-state index contributed by atoms with van der Waals surface area (Å²) in [6.45, 7) is 5.99. The highest BCUT2D eigenvalue weighted by Gasteiger charge is 2.46. The Labute approximate surface area is 204 Å². The van der Waals surface area contributed by atoms with E-state index in [4.69, 9.17) is 4.74 Å². The number of amides is 1. The number of nitrogens with zero attached hydrogens (tertiary/aromatic N) is 2. The van der Waals surface area contributed by atoms with Crippen molar-refractivity contribution >= 4 is 17.4 Å². The van der Waals surface area contributed by atoms with Crippen molar-refractivity contribution in [3.63, 3.8) is 0 Å². The van der Waals surface area contributed by atoms with Gasteiger partial charge < -0.3 is 19.8 Å². The van der Waals surface area contributed by atoms with Gasteiger partial charge in [-0.2, -0.15) is 0 Å². The number of benzene rings is 2. The van der Waals surface area contributed by atoms with Gasteiger partial charge in [-0.25, -0.2) is 0 Å². The molecule has 1 aromatic heterocycles. The van der Waals surface area contributed by atoms with E-state index in [-0.39, 0.29) is 29.5 Å². The molecule has 2 N–H and O–H groups in total. The van der Waals surface area contributed by atoms with Crippen LogP contribution in [0.1, 0.15) is 53.6 Å². The summed E-state index contributed by atoms with van der Waals surface area (Å²) in [6, 6.07) is 12.7. The second-order valence-electron chi connectivity index (χ2n) is 8.94. The van der Waals surface area contributed by atoms with Crippen LogP contribution >= 0.6 is 0 Å². The quantitative estimate of drug-likeness (QED) is 0.302. The van der Waals surface area contributed by atoms with Crippen LogP contribution in [0.25, 0.3) is 5.76 Å². The van der Waals surface area contributed by atoms with Crippen LogP contribution in [0.2, 0.25) is 0 Å². The van der Waals surface area contributed by atoms with Crippen LogP contribution in [0, 0.1) is 6.92 Å². The van der Waals surface area contributed by atoms with Crippen molar-refractivity contribution in [2.24, 2.45) is 0 Å². The van der Waals surface area contributed by atoms with Crippen molar-refractivity contribution in [3.8, 4) is 11.5 Å². The number of pyridine rings is 1. The van der Waals surface area contributed by atoms with Crippen molar-refractivity contribution in [1.29, 1.82) is 0 Å². The Hall–Kier alpha value is -4.13. The summed E-state index contributed by atoms with van der Waals surface area (Å²) in [6.07, 6.45) is 3.27. The molecule has 1 aliphatic rings. The number of aryl methyl sites for hydroxylation is 1. The number of methoxy groups -OCH3 is 1. The number of carbonyl (C=O) groups is 2. The van der Waals surface area contributed by atoms with Gasteiger partial charge >= 0.3 is 0 Å². The number of phenols is 1. The van der Waals surface area contributed by atoms with Crippen molar-refractivity contribution in [3.05, 3.63) is 94.3 Å². The number of hydrogen-bond acceptors (Lipinski definition) is 6. The first-order valence-corrected chi connectivity index (χ1v) is 11.4. The summed E-state index contributed by atoms with van der Waals surface area (Å²) in [5.74, 6) is -0.837. The Kier molecular flexibility index (Phi) is 6.60. The molecule has 0 radical (unpaired) electrons. The van der Waals surface area contributed by atoms with Crippen LogP contribution in [0.15, 0.2) is 66.5 Å². The maximum atomic E-state index is 13.3. The van der Waals surface area contributed by atoms with Crippen LogP contribution in [-0.4, -0.2) is 38.9 Å². The Bertz CT molecular complexity index is 1300. The Morgan fingerprint density at radius 1 is 1.14 bits per heavy atom. The lowest BCUT2D eigenvalue weighted by Crippen LogP contribution is -2.29. The van der Waals surface area contributed by atoms with E-state index >= 15 is 0 Å². The molecule has 4 rings (SSSR count). The molecule has 0 aliphatic carbocycles. The highest BCUT2D eigenvalue weighted by Crippen LogP contribution is 2.42. The number of Topliss-reactive ketones (excluding diaryl/α,β-unsaturated/α-hetero) is 1. The molecule has 1 atom stereocenters. The van der Waals surface area contributed by atoms with Gasteiger partial charge in [0.05, 0.1) is 18.7 Å². The van der Waals surface area contributed by atoms with Gasteiger partial charge in [-0.15, -0.1) is 0 Å². The fraction of sp³-hybridized carbons (Fsp3) is 0.250. The monoisotopic (exact) mass is 472 g/mol. The second kappa shape index (κ2) is 9.62. The lowest BCUT2D eigenvalue weighted by molar-refractivity contribution is -0.140. The number of aliphatic hydroxyl groups is 1. The van der Waals surface area contributed by atoms with E-state index in [9.17, 15) is 19.8 Å². The van der Waals surface area contributed by atoms with E-state index in [0.717, 1.165) is 11.1 Å². The molecule has 3 aromatic rings. The Balaban J connectivity index is 1.91. The first-order valence-electron chi connectivity index (χ1n) is 11.4. The van der Waals surface area contributed by atoms with Gasteiger partial charge in [0.25, 0.3) is 11.7 Å². The van der Waals surface area contributed by atoms with E-state index in [1.807, 2.05) is 39.0 Å². The summed E-state index contributed by atoms with van der Waals surface area (Å²) in [4.78, 5) is 32.1. The maximum absolute atomic E-state index is 13.3. The third-order valence-electron chi connectivity index (χ3n) is 6.28. The Morgan fingerprint density at radius 3 is 2.46 bits per heavy atom. The second-order valence-corrected chi connectivity index (χ2v) is 8.94.